The average molecular weight is 286 g/mol. The van der Waals surface area contributed by atoms with Crippen molar-refractivity contribution >= 4 is 17.5 Å². The van der Waals surface area contributed by atoms with E-state index in [2.05, 4.69) is 0 Å². The molecule has 0 radical (unpaired) electrons. The molecule has 0 aromatic heterocycles. The minimum absolute atomic E-state index is 0.0961. The number of carbonyl (C=O) groups excluding carboxylic acids is 1. The van der Waals surface area contributed by atoms with Gasteiger partial charge in [0.2, 0.25) is 0 Å². The summed E-state index contributed by atoms with van der Waals surface area (Å²) in [5.74, 6) is 1.21. The maximum atomic E-state index is 12.4. The Hall–Kier alpha value is -1.74. The second-order valence-corrected chi connectivity index (χ2v) is 5.66. The molecule has 0 aliphatic carbocycles. The molecule has 0 saturated carbocycles. The zero-order valence-electron chi connectivity index (χ0n) is 12.0. The van der Waals surface area contributed by atoms with Gasteiger partial charge in [0.25, 0.3) is 0 Å². The highest BCUT2D eigenvalue weighted by Crippen LogP contribution is 2.28. The molecule has 0 saturated heterocycles. The Balaban J connectivity index is 2.16. The predicted molar refractivity (Wildman–Crippen MR) is 84.0 cm³/mol. The van der Waals surface area contributed by atoms with E-state index in [9.17, 15) is 4.79 Å². The van der Waals surface area contributed by atoms with Gasteiger partial charge in [0.15, 0.2) is 5.78 Å². The lowest BCUT2D eigenvalue weighted by Gasteiger charge is -2.12. The van der Waals surface area contributed by atoms with Crippen LogP contribution in [0.5, 0.6) is 5.75 Å². The Morgan fingerprint density at radius 2 is 1.80 bits per heavy atom. The summed E-state index contributed by atoms with van der Waals surface area (Å²) in [5.41, 5.74) is 2.83. The number of carbonyl (C=O) groups is 1. The van der Waals surface area contributed by atoms with Crippen molar-refractivity contribution < 1.29 is 9.53 Å². The van der Waals surface area contributed by atoms with Crippen LogP contribution in [-0.2, 0) is 0 Å². The lowest BCUT2D eigenvalue weighted by molar-refractivity contribution is 0.101. The molecule has 0 bridgehead atoms. The van der Waals surface area contributed by atoms with Crippen LogP contribution >= 0.6 is 11.8 Å². The molecule has 0 unspecified atom stereocenters. The minimum atomic E-state index is 0.0961. The number of thioether (sulfide) groups is 1. The third-order valence-electron chi connectivity index (χ3n) is 3.29. The Labute approximate surface area is 124 Å². The number of ketones is 1. The summed E-state index contributed by atoms with van der Waals surface area (Å²) in [7, 11) is 1.61. The van der Waals surface area contributed by atoms with Gasteiger partial charge in [-0.05, 0) is 43.2 Å². The maximum Gasteiger partial charge on any atom is 0.176 e. The Bertz CT molecular complexity index is 606. The summed E-state index contributed by atoms with van der Waals surface area (Å²) in [6.07, 6.45) is 0. The van der Waals surface area contributed by atoms with Crippen molar-refractivity contribution in [2.75, 3.05) is 12.9 Å². The molecule has 2 aromatic rings. The van der Waals surface area contributed by atoms with E-state index in [4.69, 9.17) is 4.74 Å². The van der Waals surface area contributed by atoms with Crippen LogP contribution in [0.3, 0.4) is 0 Å². The van der Waals surface area contributed by atoms with Crippen molar-refractivity contribution in [2.45, 2.75) is 18.7 Å². The average Bonchev–Trinajstić information content (AvgIpc) is 2.48. The number of hydrogen-bond donors (Lipinski definition) is 0. The van der Waals surface area contributed by atoms with E-state index >= 15 is 0 Å². The van der Waals surface area contributed by atoms with Crippen LogP contribution < -0.4 is 4.74 Å². The molecule has 0 spiro atoms. The molecule has 2 aromatic carbocycles. The van der Waals surface area contributed by atoms with Crippen LogP contribution in [0.15, 0.2) is 47.4 Å². The third-order valence-corrected chi connectivity index (χ3v) is 4.31. The highest BCUT2D eigenvalue weighted by Gasteiger charge is 2.15. The molecule has 0 aliphatic heterocycles. The zero-order valence-corrected chi connectivity index (χ0v) is 12.8. The number of Topliss-reactive ketones (excluding diaryl/α,β-unsaturated/α-hetero) is 1. The summed E-state index contributed by atoms with van der Waals surface area (Å²) in [6, 6.07) is 13.8. The van der Waals surface area contributed by atoms with E-state index in [1.807, 2.05) is 56.3 Å². The molecule has 0 heterocycles. The molecule has 3 heteroatoms. The molecule has 0 fully saturated rings. The van der Waals surface area contributed by atoms with Crippen molar-refractivity contribution in [2.24, 2.45) is 0 Å². The largest absolute Gasteiger partial charge is 0.496 e. The number of methoxy groups -OCH3 is 1. The molecular formula is C17H18O2S. The van der Waals surface area contributed by atoms with Gasteiger partial charge in [0, 0.05) is 4.90 Å². The van der Waals surface area contributed by atoms with Crippen LogP contribution in [0.4, 0.5) is 0 Å². The van der Waals surface area contributed by atoms with Gasteiger partial charge < -0.3 is 4.74 Å². The van der Waals surface area contributed by atoms with Gasteiger partial charge in [0.1, 0.15) is 5.75 Å². The van der Waals surface area contributed by atoms with E-state index in [0.717, 1.165) is 16.0 Å². The minimum Gasteiger partial charge on any atom is -0.496 e. The van der Waals surface area contributed by atoms with Crippen LogP contribution in [0, 0.1) is 13.8 Å². The molecule has 2 rings (SSSR count). The summed E-state index contributed by atoms with van der Waals surface area (Å²) in [5, 5.41) is 0. The maximum absolute atomic E-state index is 12.4. The first-order chi connectivity index (χ1) is 9.63. The van der Waals surface area contributed by atoms with Gasteiger partial charge >= 0.3 is 0 Å². The quantitative estimate of drug-likeness (QED) is 0.606. The zero-order chi connectivity index (χ0) is 14.5. The second-order valence-electron chi connectivity index (χ2n) is 4.61. The van der Waals surface area contributed by atoms with Crippen molar-refractivity contribution in [1.82, 2.24) is 0 Å². The normalized spacial score (nSPS) is 10.3. The van der Waals surface area contributed by atoms with E-state index in [1.165, 1.54) is 0 Å². The first kappa shape index (κ1) is 14.7. The van der Waals surface area contributed by atoms with Crippen molar-refractivity contribution in [1.29, 1.82) is 0 Å². The number of ether oxygens (including phenoxy) is 1. The summed E-state index contributed by atoms with van der Waals surface area (Å²) in [4.78, 5) is 13.5. The molecule has 104 valence electrons. The van der Waals surface area contributed by atoms with Gasteiger partial charge in [-0.15, -0.1) is 11.8 Å². The third kappa shape index (κ3) is 3.23. The number of rotatable bonds is 5. The summed E-state index contributed by atoms with van der Waals surface area (Å²) >= 11 is 1.55. The predicted octanol–water partition coefficient (Wildman–Crippen LogP) is 4.29. The van der Waals surface area contributed by atoms with Crippen LogP contribution in [0.25, 0.3) is 0 Å². The van der Waals surface area contributed by atoms with Crippen LogP contribution in [0.2, 0.25) is 0 Å². The first-order valence-electron chi connectivity index (χ1n) is 6.48. The molecule has 0 amide bonds. The van der Waals surface area contributed by atoms with Crippen molar-refractivity contribution in [3.05, 3.63) is 59.2 Å². The highest BCUT2D eigenvalue weighted by molar-refractivity contribution is 8.00. The monoisotopic (exact) mass is 286 g/mol. The van der Waals surface area contributed by atoms with Gasteiger partial charge in [0.05, 0.1) is 18.4 Å². The van der Waals surface area contributed by atoms with Crippen LogP contribution in [0.1, 0.15) is 21.5 Å². The fourth-order valence-electron chi connectivity index (χ4n) is 2.02. The fraction of sp³-hybridized carbons (Fsp3) is 0.235. The smallest absolute Gasteiger partial charge is 0.176 e. The van der Waals surface area contributed by atoms with Crippen molar-refractivity contribution in [3.8, 4) is 5.75 Å². The molecule has 0 atom stereocenters. The lowest BCUT2D eigenvalue weighted by atomic mass is 10.0. The molecular weight excluding hydrogens is 268 g/mol. The van der Waals surface area contributed by atoms with E-state index in [-0.39, 0.29) is 5.78 Å². The second kappa shape index (κ2) is 6.62. The van der Waals surface area contributed by atoms with Crippen molar-refractivity contribution in [3.63, 3.8) is 0 Å². The van der Waals surface area contributed by atoms with Crippen LogP contribution in [-0.4, -0.2) is 18.6 Å². The number of benzene rings is 2. The Kier molecular flexibility index (Phi) is 4.85. The topological polar surface area (TPSA) is 26.3 Å². The van der Waals surface area contributed by atoms with E-state index in [1.54, 1.807) is 18.9 Å². The molecule has 0 aliphatic rings. The molecule has 0 N–H and O–H groups in total. The Morgan fingerprint density at radius 1 is 1.10 bits per heavy atom. The fourth-order valence-corrected chi connectivity index (χ4v) is 2.82. The van der Waals surface area contributed by atoms with Gasteiger partial charge in [-0.25, -0.2) is 0 Å². The van der Waals surface area contributed by atoms with Gasteiger partial charge in [-0.3, -0.25) is 4.79 Å². The van der Waals surface area contributed by atoms with Gasteiger partial charge in [-0.2, -0.15) is 0 Å². The molecule has 20 heavy (non-hydrogen) atoms. The number of aryl methyl sites for hydroxylation is 1. The van der Waals surface area contributed by atoms with E-state index in [0.29, 0.717) is 17.1 Å². The number of hydrogen-bond acceptors (Lipinski definition) is 3. The Morgan fingerprint density at radius 3 is 2.45 bits per heavy atom. The standard InChI is InChI=1S/C17H18O2S/c1-12-9-10-15(17(19-3)13(12)2)16(18)11-20-14-7-5-4-6-8-14/h4-10H,11H2,1-3H3. The van der Waals surface area contributed by atoms with E-state index < -0.39 is 0 Å². The highest BCUT2D eigenvalue weighted by atomic mass is 32.2. The summed E-state index contributed by atoms with van der Waals surface area (Å²) in [6.45, 7) is 4.00. The SMILES string of the molecule is COc1c(C(=O)CSc2ccccc2)ccc(C)c1C. The molecule has 2 nitrogen and oxygen atoms in total. The summed E-state index contributed by atoms with van der Waals surface area (Å²) < 4.78 is 5.40. The lowest BCUT2D eigenvalue weighted by Crippen LogP contribution is -2.06. The first-order valence-corrected chi connectivity index (χ1v) is 7.47. The van der Waals surface area contributed by atoms with Gasteiger partial charge in [-0.1, -0.05) is 24.3 Å².